The number of piperidine rings is 1. The maximum Gasteiger partial charge on any atom is 0.236 e. The maximum atomic E-state index is 12.9. The molecule has 162 valence electrons. The lowest BCUT2D eigenvalue weighted by Crippen LogP contribution is -2.52. The van der Waals surface area contributed by atoms with E-state index in [0.29, 0.717) is 12.5 Å². The van der Waals surface area contributed by atoms with Gasteiger partial charge >= 0.3 is 0 Å². The smallest absolute Gasteiger partial charge is 0.236 e. The van der Waals surface area contributed by atoms with E-state index < -0.39 is 0 Å². The highest BCUT2D eigenvalue weighted by atomic mass is 16.5. The molecule has 0 spiro atoms. The van der Waals surface area contributed by atoms with Crippen LogP contribution in [0.4, 0.5) is 5.69 Å². The fraction of sp³-hybridized carbons (Fsp3) is 0.565. The Balaban J connectivity index is 1.24. The summed E-state index contributed by atoms with van der Waals surface area (Å²) in [6.45, 7) is 8.94. The minimum atomic E-state index is 0.267. The summed E-state index contributed by atoms with van der Waals surface area (Å²) in [6.07, 6.45) is 6.31. The number of nitrogens with zero attached hydrogens (tertiary/aromatic N) is 5. The number of rotatable bonds is 6. The number of imidazole rings is 1. The summed E-state index contributed by atoms with van der Waals surface area (Å²) in [5, 5.41) is 0. The number of likely N-dealkylation sites (tertiary alicyclic amines) is 1. The second-order valence-electron chi connectivity index (χ2n) is 8.44. The molecule has 1 atom stereocenters. The molecule has 30 heavy (non-hydrogen) atoms. The predicted molar refractivity (Wildman–Crippen MR) is 118 cm³/mol. The van der Waals surface area contributed by atoms with Crippen LogP contribution in [0.15, 0.2) is 36.7 Å². The summed E-state index contributed by atoms with van der Waals surface area (Å²) in [6, 6.07) is 8.16. The molecule has 0 radical (unpaired) electrons. The molecule has 1 amide bonds. The first-order valence-corrected chi connectivity index (χ1v) is 11.0. The monoisotopic (exact) mass is 411 g/mol. The number of benzene rings is 1. The molecule has 2 aliphatic heterocycles. The molecule has 2 aliphatic rings. The predicted octanol–water partition coefficient (Wildman–Crippen LogP) is 2.26. The summed E-state index contributed by atoms with van der Waals surface area (Å²) >= 11 is 0. The minimum Gasteiger partial charge on any atom is -0.497 e. The van der Waals surface area contributed by atoms with Gasteiger partial charge in [-0.3, -0.25) is 9.69 Å². The topological polar surface area (TPSA) is 53.8 Å². The molecule has 0 aliphatic carbocycles. The van der Waals surface area contributed by atoms with Gasteiger partial charge in [0.05, 0.1) is 13.7 Å². The molecule has 3 heterocycles. The second-order valence-corrected chi connectivity index (χ2v) is 8.44. The lowest BCUT2D eigenvalue weighted by Gasteiger charge is -2.38. The van der Waals surface area contributed by atoms with Crippen LogP contribution in [-0.2, 0) is 11.3 Å². The van der Waals surface area contributed by atoms with Gasteiger partial charge in [-0.05, 0) is 56.5 Å². The van der Waals surface area contributed by atoms with Crippen molar-refractivity contribution in [3.63, 3.8) is 0 Å². The lowest BCUT2D eigenvalue weighted by molar-refractivity contribution is -0.133. The molecule has 7 nitrogen and oxygen atoms in total. The van der Waals surface area contributed by atoms with E-state index in [1.54, 1.807) is 7.11 Å². The van der Waals surface area contributed by atoms with Gasteiger partial charge in [0, 0.05) is 57.3 Å². The Morgan fingerprint density at radius 1 is 1.13 bits per heavy atom. The largest absolute Gasteiger partial charge is 0.497 e. The van der Waals surface area contributed by atoms with E-state index in [1.807, 2.05) is 23.2 Å². The Morgan fingerprint density at radius 3 is 2.57 bits per heavy atom. The normalized spacial score (nSPS) is 20.4. The van der Waals surface area contributed by atoms with Gasteiger partial charge < -0.3 is 19.1 Å². The number of carbonyl (C=O) groups excluding carboxylic acids is 1. The molecule has 7 heteroatoms. The van der Waals surface area contributed by atoms with Crippen LogP contribution < -0.4 is 9.64 Å². The van der Waals surface area contributed by atoms with E-state index in [9.17, 15) is 4.79 Å². The van der Waals surface area contributed by atoms with E-state index in [0.717, 1.165) is 63.8 Å². The summed E-state index contributed by atoms with van der Waals surface area (Å²) in [7, 11) is 1.68. The number of methoxy groups -OCH3 is 1. The summed E-state index contributed by atoms with van der Waals surface area (Å²) in [4.78, 5) is 23.9. The van der Waals surface area contributed by atoms with Crippen LogP contribution in [0.1, 0.15) is 18.7 Å². The SMILES string of the molecule is COc1ccc(N2CCN(C(=O)CN3CCC[C@@H](Cn4ccnc4C)C3)CC2)cc1. The summed E-state index contributed by atoms with van der Waals surface area (Å²) in [5.74, 6) is 2.80. The maximum absolute atomic E-state index is 12.9. The van der Waals surface area contributed by atoms with Crippen molar-refractivity contribution in [1.82, 2.24) is 19.4 Å². The third kappa shape index (κ3) is 4.95. The molecular formula is C23H33N5O2. The lowest BCUT2D eigenvalue weighted by atomic mass is 9.98. The highest BCUT2D eigenvalue weighted by Crippen LogP contribution is 2.22. The van der Waals surface area contributed by atoms with Gasteiger partial charge in [-0.2, -0.15) is 0 Å². The summed E-state index contributed by atoms with van der Waals surface area (Å²) < 4.78 is 7.47. The van der Waals surface area contributed by atoms with Crippen molar-refractivity contribution in [2.75, 3.05) is 57.8 Å². The van der Waals surface area contributed by atoms with Crippen molar-refractivity contribution in [3.8, 4) is 5.75 Å². The van der Waals surface area contributed by atoms with Crippen LogP contribution in [0, 0.1) is 12.8 Å². The number of aromatic nitrogens is 2. The molecule has 2 aromatic rings. The molecule has 0 bridgehead atoms. The minimum absolute atomic E-state index is 0.267. The quantitative estimate of drug-likeness (QED) is 0.730. The van der Waals surface area contributed by atoms with Crippen molar-refractivity contribution in [1.29, 1.82) is 0 Å². The molecule has 2 saturated heterocycles. The van der Waals surface area contributed by atoms with E-state index in [-0.39, 0.29) is 5.91 Å². The Morgan fingerprint density at radius 2 is 1.90 bits per heavy atom. The van der Waals surface area contributed by atoms with E-state index >= 15 is 0 Å². The molecular weight excluding hydrogens is 378 g/mol. The molecule has 1 aromatic carbocycles. The van der Waals surface area contributed by atoms with Crippen LogP contribution in [0.5, 0.6) is 5.75 Å². The first kappa shape index (κ1) is 20.7. The first-order chi connectivity index (χ1) is 14.6. The van der Waals surface area contributed by atoms with Gasteiger partial charge in [-0.1, -0.05) is 0 Å². The number of amides is 1. The van der Waals surface area contributed by atoms with Gasteiger partial charge in [0.2, 0.25) is 5.91 Å². The number of ether oxygens (including phenoxy) is 1. The fourth-order valence-electron chi connectivity index (χ4n) is 4.62. The highest BCUT2D eigenvalue weighted by molar-refractivity contribution is 5.78. The summed E-state index contributed by atoms with van der Waals surface area (Å²) in [5.41, 5.74) is 1.19. The van der Waals surface area contributed by atoms with Crippen molar-refractivity contribution >= 4 is 11.6 Å². The molecule has 2 fully saturated rings. The van der Waals surface area contributed by atoms with Crippen LogP contribution >= 0.6 is 0 Å². The highest BCUT2D eigenvalue weighted by Gasteiger charge is 2.26. The van der Waals surface area contributed by atoms with Crippen molar-refractivity contribution < 1.29 is 9.53 Å². The van der Waals surface area contributed by atoms with Crippen molar-refractivity contribution in [3.05, 3.63) is 42.5 Å². The van der Waals surface area contributed by atoms with Crippen LogP contribution in [0.2, 0.25) is 0 Å². The molecule has 0 N–H and O–H groups in total. The fourth-order valence-corrected chi connectivity index (χ4v) is 4.62. The standard InChI is InChI=1S/C23H33N5O2/c1-19-24-9-11-28(19)17-20-4-3-10-25(16-20)18-23(29)27-14-12-26(13-15-27)21-5-7-22(30-2)8-6-21/h5-9,11,20H,3-4,10,12-18H2,1-2H3/t20-/m1/s1. The third-order valence-electron chi connectivity index (χ3n) is 6.41. The molecule has 0 unspecified atom stereocenters. The van der Waals surface area contributed by atoms with Gasteiger partial charge in [0.25, 0.3) is 0 Å². The molecule has 1 aromatic heterocycles. The van der Waals surface area contributed by atoms with Gasteiger partial charge in [0.1, 0.15) is 11.6 Å². The third-order valence-corrected chi connectivity index (χ3v) is 6.41. The number of piperazine rings is 1. The number of carbonyl (C=O) groups is 1. The van der Waals surface area contributed by atoms with E-state index in [2.05, 4.69) is 44.6 Å². The number of hydrogen-bond acceptors (Lipinski definition) is 5. The number of aryl methyl sites for hydroxylation is 1. The zero-order valence-corrected chi connectivity index (χ0v) is 18.2. The van der Waals surface area contributed by atoms with Crippen molar-refractivity contribution in [2.24, 2.45) is 5.92 Å². The second kappa shape index (κ2) is 9.51. The Labute approximate surface area is 179 Å². The van der Waals surface area contributed by atoms with E-state index in [4.69, 9.17) is 4.74 Å². The van der Waals surface area contributed by atoms with Gasteiger partial charge in [0.15, 0.2) is 0 Å². The number of hydrogen-bond donors (Lipinski definition) is 0. The zero-order chi connectivity index (χ0) is 20.9. The van der Waals surface area contributed by atoms with E-state index in [1.165, 1.54) is 12.1 Å². The Kier molecular flexibility index (Phi) is 6.57. The van der Waals surface area contributed by atoms with Gasteiger partial charge in [-0.15, -0.1) is 0 Å². The average molecular weight is 412 g/mol. The Hall–Kier alpha value is -2.54. The molecule has 4 rings (SSSR count). The zero-order valence-electron chi connectivity index (χ0n) is 18.2. The van der Waals surface area contributed by atoms with Crippen molar-refractivity contribution in [2.45, 2.75) is 26.3 Å². The molecule has 0 saturated carbocycles. The van der Waals surface area contributed by atoms with Gasteiger partial charge in [-0.25, -0.2) is 4.98 Å². The number of anilines is 1. The van der Waals surface area contributed by atoms with Crippen LogP contribution in [0.25, 0.3) is 0 Å². The Bertz CT molecular complexity index is 826. The first-order valence-electron chi connectivity index (χ1n) is 11.0. The van der Waals surface area contributed by atoms with Crippen LogP contribution in [-0.4, -0.2) is 78.2 Å². The van der Waals surface area contributed by atoms with Crippen LogP contribution in [0.3, 0.4) is 0 Å². The average Bonchev–Trinajstić information content (AvgIpc) is 3.18.